The van der Waals surface area contributed by atoms with Gasteiger partial charge in [-0.25, -0.2) is 4.98 Å². The molecular formula is C10H8N2S. The van der Waals surface area contributed by atoms with E-state index in [2.05, 4.69) is 11.1 Å². The first kappa shape index (κ1) is 8.21. The summed E-state index contributed by atoms with van der Waals surface area (Å²) in [6.45, 7) is 4.02. The van der Waals surface area contributed by atoms with Gasteiger partial charge in [-0.1, -0.05) is 0 Å². The Kier molecular flexibility index (Phi) is 1.78. The largest absolute Gasteiger partial charge is 0.245 e. The van der Waals surface area contributed by atoms with Crippen LogP contribution in [0, 0.1) is 25.2 Å². The predicted molar refractivity (Wildman–Crippen MR) is 53.8 cm³/mol. The Morgan fingerprint density at radius 3 is 2.85 bits per heavy atom. The van der Waals surface area contributed by atoms with Gasteiger partial charge in [0.05, 0.1) is 0 Å². The van der Waals surface area contributed by atoms with Crippen LogP contribution in [0.25, 0.3) is 10.2 Å². The second-order valence-corrected chi connectivity index (χ2v) is 3.98. The molecule has 2 heterocycles. The molecule has 2 aromatic rings. The minimum atomic E-state index is 0.775. The number of nitriles is 1. The van der Waals surface area contributed by atoms with Crippen LogP contribution in [0.4, 0.5) is 0 Å². The number of nitrogens with zero attached hydrogens (tertiary/aromatic N) is 2. The van der Waals surface area contributed by atoms with Crippen LogP contribution in [0.5, 0.6) is 0 Å². The van der Waals surface area contributed by atoms with Crippen LogP contribution in [0.1, 0.15) is 16.0 Å². The zero-order valence-electron chi connectivity index (χ0n) is 7.46. The van der Waals surface area contributed by atoms with Crippen molar-refractivity contribution in [2.45, 2.75) is 13.8 Å². The molecule has 0 radical (unpaired) electrons. The van der Waals surface area contributed by atoms with Crippen molar-refractivity contribution in [1.82, 2.24) is 4.98 Å². The zero-order valence-corrected chi connectivity index (χ0v) is 8.27. The molecule has 2 aromatic heterocycles. The molecule has 64 valence electrons. The smallest absolute Gasteiger partial charge is 0.125 e. The van der Waals surface area contributed by atoms with Gasteiger partial charge in [0.1, 0.15) is 15.8 Å². The van der Waals surface area contributed by atoms with Crippen LogP contribution in [-0.4, -0.2) is 4.98 Å². The van der Waals surface area contributed by atoms with E-state index in [0.717, 1.165) is 20.7 Å². The van der Waals surface area contributed by atoms with Gasteiger partial charge >= 0.3 is 0 Å². The molecule has 3 heteroatoms. The lowest BCUT2D eigenvalue weighted by Gasteiger charge is -1.94. The Balaban J connectivity index is 2.95. The molecule has 0 aliphatic rings. The van der Waals surface area contributed by atoms with Crippen LogP contribution in [0.3, 0.4) is 0 Å². The normalized spacial score (nSPS) is 10.2. The van der Waals surface area contributed by atoms with Gasteiger partial charge in [-0.3, -0.25) is 0 Å². The first-order valence-corrected chi connectivity index (χ1v) is 4.80. The van der Waals surface area contributed by atoms with Crippen LogP contribution < -0.4 is 0 Å². The first-order valence-electron chi connectivity index (χ1n) is 3.99. The van der Waals surface area contributed by atoms with E-state index in [4.69, 9.17) is 5.26 Å². The van der Waals surface area contributed by atoms with Crippen molar-refractivity contribution in [3.05, 3.63) is 28.3 Å². The van der Waals surface area contributed by atoms with E-state index in [-0.39, 0.29) is 0 Å². The zero-order chi connectivity index (χ0) is 9.42. The number of thiophene rings is 1. The highest BCUT2D eigenvalue weighted by molar-refractivity contribution is 7.19. The highest BCUT2D eigenvalue weighted by Gasteiger charge is 2.09. The van der Waals surface area contributed by atoms with Crippen molar-refractivity contribution < 1.29 is 0 Å². The highest BCUT2D eigenvalue weighted by Crippen LogP contribution is 2.30. The average Bonchev–Trinajstić information content (AvgIpc) is 2.44. The maximum Gasteiger partial charge on any atom is 0.125 e. The van der Waals surface area contributed by atoms with Gasteiger partial charge in [0.15, 0.2) is 0 Å². The van der Waals surface area contributed by atoms with Crippen molar-refractivity contribution in [2.24, 2.45) is 0 Å². The Bertz CT molecular complexity index is 505. The second kappa shape index (κ2) is 2.82. The molecule has 0 aliphatic carbocycles. The molecule has 0 atom stereocenters. The minimum absolute atomic E-state index is 0.775. The molecule has 2 rings (SSSR count). The number of rotatable bonds is 0. The van der Waals surface area contributed by atoms with E-state index >= 15 is 0 Å². The summed E-state index contributed by atoms with van der Waals surface area (Å²) in [5, 5.41) is 9.99. The SMILES string of the molecule is Cc1ccnc2sc(C#N)c(C)c12. The number of aryl methyl sites for hydroxylation is 2. The second-order valence-electron chi connectivity index (χ2n) is 2.98. The lowest BCUT2D eigenvalue weighted by atomic mass is 10.1. The molecule has 0 spiro atoms. The van der Waals surface area contributed by atoms with E-state index < -0.39 is 0 Å². The Morgan fingerprint density at radius 1 is 1.46 bits per heavy atom. The predicted octanol–water partition coefficient (Wildman–Crippen LogP) is 2.78. The molecule has 0 aliphatic heterocycles. The fraction of sp³-hybridized carbons (Fsp3) is 0.200. The van der Waals surface area contributed by atoms with Crippen molar-refractivity contribution in [1.29, 1.82) is 5.26 Å². The molecule has 13 heavy (non-hydrogen) atoms. The van der Waals surface area contributed by atoms with Gasteiger partial charge in [0, 0.05) is 11.6 Å². The van der Waals surface area contributed by atoms with Crippen LogP contribution in [0.2, 0.25) is 0 Å². The standard InChI is InChI=1S/C10H8N2S/c1-6-3-4-12-10-9(6)7(2)8(5-11)13-10/h3-4H,1-2H3. The molecule has 0 bridgehead atoms. The Morgan fingerprint density at radius 2 is 2.23 bits per heavy atom. The molecule has 0 saturated carbocycles. The summed E-state index contributed by atoms with van der Waals surface area (Å²) in [6.07, 6.45) is 1.79. The van der Waals surface area contributed by atoms with Gasteiger partial charge in [0.2, 0.25) is 0 Å². The molecule has 0 saturated heterocycles. The topological polar surface area (TPSA) is 36.7 Å². The summed E-state index contributed by atoms with van der Waals surface area (Å²) < 4.78 is 0. The summed E-state index contributed by atoms with van der Waals surface area (Å²) in [5.41, 5.74) is 2.26. The molecular weight excluding hydrogens is 180 g/mol. The van der Waals surface area contributed by atoms with E-state index in [0.29, 0.717) is 0 Å². The van der Waals surface area contributed by atoms with Crippen molar-refractivity contribution >= 4 is 21.6 Å². The van der Waals surface area contributed by atoms with E-state index in [1.165, 1.54) is 16.9 Å². The molecule has 0 amide bonds. The first-order chi connectivity index (χ1) is 6.24. The number of hydrogen-bond donors (Lipinski definition) is 0. The van der Waals surface area contributed by atoms with Gasteiger partial charge in [-0.05, 0) is 31.0 Å². The van der Waals surface area contributed by atoms with Crippen molar-refractivity contribution in [3.63, 3.8) is 0 Å². The summed E-state index contributed by atoms with van der Waals surface area (Å²) >= 11 is 1.47. The molecule has 0 fully saturated rings. The van der Waals surface area contributed by atoms with Gasteiger partial charge in [-0.15, -0.1) is 11.3 Å². The third-order valence-electron chi connectivity index (χ3n) is 2.14. The molecule has 0 unspecified atom stereocenters. The monoisotopic (exact) mass is 188 g/mol. The number of hydrogen-bond acceptors (Lipinski definition) is 3. The fourth-order valence-electron chi connectivity index (χ4n) is 1.46. The van der Waals surface area contributed by atoms with E-state index in [1.807, 2.05) is 19.9 Å². The van der Waals surface area contributed by atoms with Crippen LogP contribution >= 0.6 is 11.3 Å². The Hall–Kier alpha value is -1.40. The summed E-state index contributed by atoms with van der Waals surface area (Å²) in [7, 11) is 0. The lowest BCUT2D eigenvalue weighted by Crippen LogP contribution is -1.79. The average molecular weight is 188 g/mol. The lowest BCUT2D eigenvalue weighted by molar-refractivity contribution is 1.38. The summed E-state index contributed by atoms with van der Waals surface area (Å²) in [5.74, 6) is 0. The van der Waals surface area contributed by atoms with Crippen LogP contribution in [0.15, 0.2) is 12.3 Å². The number of pyridine rings is 1. The van der Waals surface area contributed by atoms with Gasteiger partial charge < -0.3 is 0 Å². The molecule has 0 aromatic carbocycles. The quantitative estimate of drug-likeness (QED) is 0.637. The van der Waals surface area contributed by atoms with Crippen molar-refractivity contribution in [2.75, 3.05) is 0 Å². The maximum absolute atomic E-state index is 8.84. The van der Waals surface area contributed by atoms with Gasteiger partial charge in [0.25, 0.3) is 0 Å². The fourth-order valence-corrected chi connectivity index (χ4v) is 2.48. The third kappa shape index (κ3) is 1.11. The Labute approximate surface area is 80.5 Å². The molecule has 2 nitrogen and oxygen atoms in total. The van der Waals surface area contributed by atoms with Crippen LogP contribution in [-0.2, 0) is 0 Å². The van der Waals surface area contributed by atoms with E-state index in [9.17, 15) is 0 Å². The van der Waals surface area contributed by atoms with Gasteiger partial charge in [-0.2, -0.15) is 5.26 Å². The highest BCUT2D eigenvalue weighted by atomic mass is 32.1. The maximum atomic E-state index is 8.84. The molecule has 0 N–H and O–H groups in total. The number of aromatic nitrogens is 1. The van der Waals surface area contributed by atoms with E-state index in [1.54, 1.807) is 6.20 Å². The number of fused-ring (bicyclic) bond motifs is 1. The summed E-state index contributed by atoms with van der Waals surface area (Å²) in [6, 6.07) is 4.17. The third-order valence-corrected chi connectivity index (χ3v) is 3.24. The minimum Gasteiger partial charge on any atom is -0.245 e. The summed E-state index contributed by atoms with van der Waals surface area (Å²) in [4.78, 5) is 5.98. The van der Waals surface area contributed by atoms with Crippen molar-refractivity contribution in [3.8, 4) is 6.07 Å².